The summed E-state index contributed by atoms with van der Waals surface area (Å²) in [5.41, 5.74) is 2.03. The van der Waals surface area contributed by atoms with E-state index in [4.69, 9.17) is 9.47 Å². The lowest BCUT2D eigenvalue weighted by Gasteiger charge is -2.26. The third-order valence-corrected chi connectivity index (χ3v) is 5.10. The van der Waals surface area contributed by atoms with Gasteiger partial charge >= 0.3 is 0 Å². The maximum Gasteiger partial charge on any atom is 0.242 e. The van der Waals surface area contributed by atoms with Crippen molar-refractivity contribution in [1.82, 2.24) is 4.90 Å². The average molecular weight is 392 g/mol. The molecule has 0 heterocycles. The summed E-state index contributed by atoms with van der Waals surface area (Å²) >= 11 is 0. The molecule has 3 aromatic rings. The molecule has 0 aliphatic rings. The van der Waals surface area contributed by atoms with Crippen molar-refractivity contribution in [2.75, 3.05) is 39.3 Å². The number of likely N-dealkylation sites (N-methyl/N-ethyl adjacent to an activating group) is 2. The minimum absolute atomic E-state index is 0.0814. The van der Waals surface area contributed by atoms with Crippen LogP contribution in [0.25, 0.3) is 10.8 Å². The van der Waals surface area contributed by atoms with Crippen molar-refractivity contribution in [3.05, 3.63) is 66.2 Å². The quantitative estimate of drug-likeness (QED) is 0.572. The molecule has 29 heavy (non-hydrogen) atoms. The lowest BCUT2D eigenvalue weighted by atomic mass is 10.1. The molecular formula is C24H28N2O3. The zero-order chi connectivity index (χ0) is 20.8. The van der Waals surface area contributed by atoms with Gasteiger partial charge in [0.25, 0.3) is 0 Å². The maximum atomic E-state index is 12.9. The number of hydrogen-bond acceptors (Lipinski definition) is 4. The number of fused-ring (bicyclic) bond motifs is 1. The molecule has 0 N–H and O–H groups in total. The number of rotatable bonds is 8. The number of carbonyl (C=O) groups excluding carboxylic acids is 1. The predicted octanol–water partition coefficient (Wildman–Crippen LogP) is 4.34. The van der Waals surface area contributed by atoms with Crippen molar-refractivity contribution in [2.24, 2.45) is 0 Å². The molecule has 0 atom stereocenters. The number of amides is 1. The van der Waals surface area contributed by atoms with Gasteiger partial charge in [-0.25, -0.2) is 0 Å². The Kier molecular flexibility index (Phi) is 6.60. The molecule has 0 saturated carbocycles. The van der Waals surface area contributed by atoms with Gasteiger partial charge in [0.2, 0.25) is 5.91 Å². The van der Waals surface area contributed by atoms with E-state index in [0.717, 1.165) is 11.3 Å². The summed E-state index contributed by atoms with van der Waals surface area (Å²) in [6, 6.07) is 20.2. The Morgan fingerprint density at radius 2 is 1.62 bits per heavy atom. The fourth-order valence-electron chi connectivity index (χ4n) is 3.38. The van der Waals surface area contributed by atoms with Gasteiger partial charge in [-0.05, 0) is 47.5 Å². The summed E-state index contributed by atoms with van der Waals surface area (Å²) in [6.07, 6.45) is 0. The van der Waals surface area contributed by atoms with E-state index in [9.17, 15) is 4.79 Å². The van der Waals surface area contributed by atoms with E-state index in [-0.39, 0.29) is 5.91 Å². The third kappa shape index (κ3) is 4.80. The first kappa shape index (κ1) is 20.5. The molecule has 152 valence electrons. The molecule has 0 saturated heterocycles. The van der Waals surface area contributed by atoms with Gasteiger partial charge in [-0.1, -0.05) is 36.4 Å². The van der Waals surface area contributed by atoms with E-state index >= 15 is 0 Å². The molecule has 5 heteroatoms. The molecule has 0 aliphatic heterocycles. The highest BCUT2D eigenvalue weighted by Gasteiger charge is 2.16. The van der Waals surface area contributed by atoms with Crippen LogP contribution in [0.1, 0.15) is 12.5 Å². The summed E-state index contributed by atoms with van der Waals surface area (Å²) in [5.74, 6) is 1.43. The molecule has 0 aromatic heterocycles. The van der Waals surface area contributed by atoms with Crippen molar-refractivity contribution >= 4 is 22.4 Å². The van der Waals surface area contributed by atoms with Crippen LogP contribution in [0, 0.1) is 0 Å². The third-order valence-electron chi connectivity index (χ3n) is 5.10. The van der Waals surface area contributed by atoms with Gasteiger partial charge < -0.3 is 19.3 Å². The van der Waals surface area contributed by atoms with Crippen LogP contribution >= 0.6 is 0 Å². The van der Waals surface area contributed by atoms with Crippen LogP contribution in [-0.4, -0.2) is 45.2 Å². The SMILES string of the molecule is CCN(Cc1ccc(OC)c(OC)c1)C(=O)CN(C)c1ccc2ccccc2c1. The van der Waals surface area contributed by atoms with Gasteiger partial charge in [0.05, 0.1) is 20.8 Å². The largest absolute Gasteiger partial charge is 0.493 e. The standard InChI is InChI=1S/C24H28N2O3/c1-5-26(16-18-10-13-22(28-3)23(14-18)29-4)24(27)17-25(2)21-12-11-19-8-6-7-9-20(19)15-21/h6-15H,5,16-17H2,1-4H3. The van der Waals surface area contributed by atoms with Crippen LogP contribution in [0.15, 0.2) is 60.7 Å². The molecule has 0 spiro atoms. The van der Waals surface area contributed by atoms with Gasteiger partial charge in [-0.15, -0.1) is 0 Å². The first-order valence-electron chi connectivity index (χ1n) is 9.74. The second kappa shape index (κ2) is 9.32. The number of hydrogen-bond donors (Lipinski definition) is 0. The second-order valence-corrected chi connectivity index (χ2v) is 6.98. The highest BCUT2D eigenvalue weighted by Crippen LogP contribution is 2.28. The van der Waals surface area contributed by atoms with Crippen LogP contribution in [0.5, 0.6) is 11.5 Å². The summed E-state index contributed by atoms with van der Waals surface area (Å²) in [4.78, 5) is 16.8. The molecule has 1 amide bonds. The molecule has 0 radical (unpaired) electrons. The summed E-state index contributed by atoms with van der Waals surface area (Å²) in [6.45, 7) is 3.48. The number of anilines is 1. The van der Waals surface area contributed by atoms with E-state index in [1.807, 2.05) is 54.1 Å². The fourth-order valence-corrected chi connectivity index (χ4v) is 3.38. The van der Waals surface area contributed by atoms with E-state index in [0.29, 0.717) is 31.1 Å². The molecule has 0 aliphatic carbocycles. The van der Waals surface area contributed by atoms with Gasteiger partial charge in [0.15, 0.2) is 11.5 Å². The van der Waals surface area contributed by atoms with E-state index < -0.39 is 0 Å². The number of methoxy groups -OCH3 is 2. The van der Waals surface area contributed by atoms with Crippen LogP contribution in [0.2, 0.25) is 0 Å². The summed E-state index contributed by atoms with van der Waals surface area (Å²) < 4.78 is 10.7. The lowest BCUT2D eigenvalue weighted by molar-refractivity contribution is -0.130. The van der Waals surface area contributed by atoms with Crippen molar-refractivity contribution < 1.29 is 14.3 Å². The van der Waals surface area contributed by atoms with Crippen molar-refractivity contribution in [2.45, 2.75) is 13.5 Å². The fraction of sp³-hybridized carbons (Fsp3) is 0.292. The second-order valence-electron chi connectivity index (χ2n) is 6.98. The number of nitrogens with zero attached hydrogens (tertiary/aromatic N) is 2. The Hall–Kier alpha value is -3.21. The summed E-state index contributed by atoms with van der Waals surface area (Å²) in [7, 11) is 5.18. The van der Waals surface area contributed by atoms with E-state index in [1.165, 1.54) is 10.8 Å². The monoisotopic (exact) mass is 392 g/mol. The van der Waals surface area contributed by atoms with Gasteiger partial charge in [0.1, 0.15) is 0 Å². The highest BCUT2D eigenvalue weighted by atomic mass is 16.5. The van der Waals surface area contributed by atoms with Crippen LogP contribution in [-0.2, 0) is 11.3 Å². The Morgan fingerprint density at radius 1 is 0.897 bits per heavy atom. The highest BCUT2D eigenvalue weighted by molar-refractivity contribution is 5.87. The van der Waals surface area contributed by atoms with Gasteiger partial charge in [-0.2, -0.15) is 0 Å². The van der Waals surface area contributed by atoms with Gasteiger partial charge in [0, 0.05) is 25.8 Å². The number of ether oxygens (including phenoxy) is 2. The molecule has 0 unspecified atom stereocenters. The Balaban J connectivity index is 1.70. The van der Waals surface area contributed by atoms with Crippen LogP contribution < -0.4 is 14.4 Å². The molecule has 3 aromatic carbocycles. The minimum atomic E-state index is 0.0814. The first-order valence-corrected chi connectivity index (χ1v) is 9.74. The van der Waals surface area contributed by atoms with Crippen molar-refractivity contribution in [1.29, 1.82) is 0 Å². The zero-order valence-corrected chi connectivity index (χ0v) is 17.5. The number of carbonyl (C=O) groups is 1. The molecule has 0 bridgehead atoms. The summed E-state index contributed by atoms with van der Waals surface area (Å²) in [5, 5.41) is 2.36. The zero-order valence-electron chi connectivity index (χ0n) is 17.5. The normalized spacial score (nSPS) is 10.6. The molecule has 0 fully saturated rings. The Morgan fingerprint density at radius 3 is 2.31 bits per heavy atom. The molecular weight excluding hydrogens is 364 g/mol. The van der Waals surface area contributed by atoms with Crippen LogP contribution in [0.4, 0.5) is 5.69 Å². The van der Waals surface area contributed by atoms with Gasteiger partial charge in [-0.3, -0.25) is 4.79 Å². The average Bonchev–Trinajstić information content (AvgIpc) is 2.76. The minimum Gasteiger partial charge on any atom is -0.493 e. The van der Waals surface area contributed by atoms with Crippen LogP contribution in [0.3, 0.4) is 0 Å². The van der Waals surface area contributed by atoms with E-state index in [2.05, 4.69) is 30.3 Å². The topological polar surface area (TPSA) is 42.0 Å². The maximum absolute atomic E-state index is 12.9. The Labute approximate surface area is 172 Å². The first-order chi connectivity index (χ1) is 14.0. The lowest BCUT2D eigenvalue weighted by Crippen LogP contribution is -2.38. The number of benzene rings is 3. The van der Waals surface area contributed by atoms with Crippen molar-refractivity contribution in [3.8, 4) is 11.5 Å². The van der Waals surface area contributed by atoms with Crippen molar-refractivity contribution in [3.63, 3.8) is 0 Å². The van der Waals surface area contributed by atoms with E-state index in [1.54, 1.807) is 14.2 Å². The smallest absolute Gasteiger partial charge is 0.242 e. The molecule has 5 nitrogen and oxygen atoms in total. The Bertz CT molecular complexity index is 987. The predicted molar refractivity (Wildman–Crippen MR) is 118 cm³/mol. The molecule has 3 rings (SSSR count).